The Hall–Kier alpha value is -2.61. The summed E-state index contributed by atoms with van der Waals surface area (Å²) in [7, 11) is 0. The van der Waals surface area contributed by atoms with Gasteiger partial charge in [-0.1, -0.05) is 45.2 Å². The predicted octanol–water partition coefficient (Wildman–Crippen LogP) is 2.60. The Morgan fingerprint density at radius 3 is 2.57 bits per heavy atom. The highest BCUT2D eigenvalue weighted by atomic mass is 16.5. The molecule has 8 heteroatoms. The number of para-hydroxylation sites is 2. The van der Waals surface area contributed by atoms with Crippen molar-refractivity contribution in [3.63, 3.8) is 0 Å². The van der Waals surface area contributed by atoms with Crippen molar-refractivity contribution in [1.29, 1.82) is 0 Å². The van der Waals surface area contributed by atoms with Crippen LogP contribution in [0.4, 0.5) is 10.5 Å². The minimum Gasteiger partial charge on any atom is -0.490 e. The molecular formula is C22H32N4O4. The molecule has 1 aliphatic heterocycles. The first-order chi connectivity index (χ1) is 14.5. The van der Waals surface area contributed by atoms with E-state index in [1.807, 2.05) is 6.07 Å². The van der Waals surface area contributed by atoms with Gasteiger partial charge < -0.3 is 20.3 Å². The summed E-state index contributed by atoms with van der Waals surface area (Å²) in [6.45, 7) is 7.09. The molecule has 8 nitrogen and oxygen atoms in total. The number of rotatable bonds is 9. The number of carbonyl (C=O) groups excluding carboxylic acids is 3. The predicted molar refractivity (Wildman–Crippen MR) is 114 cm³/mol. The van der Waals surface area contributed by atoms with Crippen LogP contribution in [0, 0.1) is 0 Å². The molecule has 1 saturated heterocycles. The summed E-state index contributed by atoms with van der Waals surface area (Å²) < 4.78 is 5.86. The zero-order valence-electron chi connectivity index (χ0n) is 17.9. The highest BCUT2D eigenvalue weighted by Crippen LogP contribution is 2.33. The molecule has 30 heavy (non-hydrogen) atoms. The lowest BCUT2D eigenvalue weighted by Crippen LogP contribution is -2.48. The third-order valence-corrected chi connectivity index (χ3v) is 5.98. The van der Waals surface area contributed by atoms with E-state index in [1.165, 1.54) is 0 Å². The fourth-order valence-corrected chi connectivity index (χ4v) is 4.17. The summed E-state index contributed by atoms with van der Waals surface area (Å²) in [4.78, 5) is 41.1. The molecule has 4 amide bonds. The number of nitrogens with one attached hydrogen (secondary N) is 2. The summed E-state index contributed by atoms with van der Waals surface area (Å²) in [5.41, 5.74) is -0.289. The van der Waals surface area contributed by atoms with Gasteiger partial charge in [0.05, 0.1) is 5.69 Å². The van der Waals surface area contributed by atoms with Gasteiger partial charge in [0.25, 0.3) is 5.91 Å². The van der Waals surface area contributed by atoms with E-state index < -0.39 is 17.5 Å². The van der Waals surface area contributed by atoms with Gasteiger partial charge in [-0.2, -0.15) is 0 Å². The number of likely N-dealkylation sites (N-methyl/N-ethyl adjacent to an activating group) is 1. The van der Waals surface area contributed by atoms with Gasteiger partial charge >= 0.3 is 6.03 Å². The fourth-order valence-electron chi connectivity index (χ4n) is 4.17. The first-order valence-corrected chi connectivity index (χ1v) is 10.9. The third kappa shape index (κ3) is 4.92. The van der Waals surface area contributed by atoms with E-state index in [0.717, 1.165) is 43.8 Å². The van der Waals surface area contributed by atoms with Gasteiger partial charge in [-0.15, -0.1) is 0 Å². The summed E-state index contributed by atoms with van der Waals surface area (Å²) in [5, 5.41) is 5.61. The van der Waals surface area contributed by atoms with Crippen molar-refractivity contribution in [2.24, 2.45) is 0 Å². The molecular weight excluding hydrogens is 384 g/mol. The summed E-state index contributed by atoms with van der Waals surface area (Å²) in [5.74, 6) is -0.142. The van der Waals surface area contributed by atoms with E-state index in [9.17, 15) is 14.4 Å². The van der Waals surface area contributed by atoms with E-state index in [1.54, 1.807) is 18.2 Å². The molecule has 0 aromatic heterocycles. The number of hydrogen-bond acceptors (Lipinski definition) is 5. The van der Waals surface area contributed by atoms with Crippen LogP contribution in [-0.4, -0.2) is 66.0 Å². The van der Waals surface area contributed by atoms with Crippen LogP contribution < -0.4 is 15.4 Å². The lowest BCUT2D eigenvalue weighted by Gasteiger charge is -2.30. The van der Waals surface area contributed by atoms with Crippen LogP contribution in [0.25, 0.3) is 0 Å². The van der Waals surface area contributed by atoms with Crippen molar-refractivity contribution in [3.8, 4) is 5.75 Å². The molecule has 0 unspecified atom stereocenters. The van der Waals surface area contributed by atoms with Crippen LogP contribution in [0.15, 0.2) is 24.3 Å². The molecule has 2 aliphatic rings. The highest BCUT2D eigenvalue weighted by Gasteiger charge is 2.51. The van der Waals surface area contributed by atoms with Crippen LogP contribution in [0.5, 0.6) is 5.75 Å². The second-order valence-electron chi connectivity index (χ2n) is 7.88. The average Bonchev–Trinajstić information content (AvgIpc) is 2.96. The first kappa shape index (κ1) is 22.1. The van der Waals surface area contributed by atoms with Crippen LogP contribution in [0.1, 0.15) is 46.0 Å². The van der Waals surface area contributed by atoms with E-state index >= 15 is 0 Å². The smallest absolute Gasteiger partial charge is 0.325 e. The number of urea groups is 1. The largest absolute Gasteiger partial charge is 0.490 e. The number of carbonyl (C=O) groups is 3. The third-order valence-electron chi connectivity index (χ3n) is 5.98. The fraction of sp³-hybridized carbons (Fsp3) is 0.591. The minimum absolute atomic E-state index is 0.286. The number of benzene rings is 1. The van der Waals surface area contributed by atoms with Gasteiger partial charge in [0, 0.05) is 6.54 Å². The molecule has 1 heterocycles. The number of hydrogen-bond donors (Lipinski definition) is 2. The summed E-state index contributed by atoms with van der Waals surface area (Å²) in [6, 6.07) is 6.70. The zero-order valence-corrected chi connectivity index (χ0v) is 17.9. The van der Waals surface area contributed by atoms with Crippen molar-refractivity contribution in [2.75, 3.05) is 38.1 Å². The second-order valence-corrected chi connectivity index (χ2v) is 7.88. The zero-order chi connectivity index (χ0) is 21.6. The maximum atomic E-state index is 12.8. The van der Waals surface area contributed by atoms with E-state index in [-0.39, 0.29) is 12.5 Å². The van der Waals surface area contributed by atoms with Gasteiger partial charge in [-0.3, -0.25) is 14.5 Å². The maximum absolute atomic E-state index is 12.8. The van der Waals surface area contributed by atoms with Gasteiger partial charge in [0.1, 0.15) is 24.4 Å². The van der Waals surface area contributed by atoms with Crippen molar-refractivity contribution in [3.05, 3.63) is 24.3 Å². The standard InChI is InChI=1S/C22H32N4O4/c1-3-25(4-2)14-15-30-18-11-7-6-10-17(18)23-19(27)16-26-20(28)22(24-21(26)29)12-8-5-9-13-22/h6-7,10-11H,3-5,8-9,12-16H2,1-2H3,(H,23,27)(H,24,29). The molecule has 1 aliphatic carbocycles. The lowest BCUT2D eigenvalue weighted by atomic mass is 9.82. The molecule has 3 rings (SSSR count). The second kappa shape index (κ2) is 9.93. The van der Waals surface area contributed by atoms with Crippen LogP contribution in [0.2, 0.25) is 0 Å². The average molecular weight is 417 g/mol. The number of imide groups is 1. The Morgan fingerprint density at radius 2 is 1.87 bits per heavy atom. The Kier molecular flexibility index (Phi) is 7.31. The number of nitrogens with zero attached hydrogens (tertiary/aromatic N) is 2. The highest BCUT2D eigenvalue weighted by molar-refractivity contribution is 6.10. The molecule has 1 aromatic rings. The van der Waals surface area contributed by atoms with E-state index in [4.69, 9.17) is 4.74 Å². The van der Waals surface area contributed by atoms with Crippen LogP contribution in [-0.2, 0) is 9.59 Å². The molecule has 164 valence electrons. The topological polar surface area (TPSA) is 91.0 Å². The van der Waals surface area contributed by atoms with Crippen molar-refractivity contribution >= 4 is 23.5 Å². The van der Waals surface area contributed by atoms with E-state index in [2.05, 4.69) is 29.4 Å². The van der Waals surface area contributed by atoms with Gasteiger partial charge in [0.2, 0.25) is 5.91 Å². The normalized spacial score (nSPS) is 18.0. The minimum atomic E-state index is -0.818. The quantitative estimate of drug-likeness (QED) is 0.604. The molecule has 2 fully saturated rings. The number of anilines is 1. The molecule has 0 atom stereocenters. The Morgan fingerprint density at radius 1 is 1.17 bits per heavy atom. The van der Waals surface area contributed by atoms with Crippen molar-refractivity contribution in [2.45, 2.75) is 51.5 Å². The SMILES string of the molecule is CCN(CC)CCOc1ccccc1NC(=O)CN1C(=O)NC2(CCCCC2)C1=O. The molecule has 1 spiro atoms. The molecule has 0 bridgehead atoms. The first-order valence-electron chi connectivity index (χ1n) is 10.9. The molecule has 1 saturated carbocycles. The summed E-state index contributed by atoms with van der Waals surface area (Å²) >= 11 is 0. The molecule has 1 aromatic carbocycles. The maximum Gasteiger partial charge on any atom is 0.325 e. The Labute approximate surface area is 177 Å². The van der Waals surface area contributed by atoms with Crippen molar-refractivity contribution < 1.29 is 19.1 Å². The number of amides is 4. The molecule has 2 N–H and O–H groups in total. The summed E-state index contributed by atoms with van der Waals surface area (Å²) in [6.07, 6.45) is 4.16. The molecule has 0 radical (unpaired) electrons. The van der Waals surface area contributed by atoms with Crippen LogP contribution in [0.3, 0.4) is 0 Å². The van der Waals surface area contributed by atoms with Crippen molar-refractivity contribution in [1.82, 2.24) is 15.1 Å². The van der Waals surface area contributed by atoms with Gasteiger partial charge in [-0.05, 0) is 38.1 Å². The van der Waals surface area contributed by atoms with E-state index in [0.29, 0.717) is 30.9 Å². The Bertz CT molecular complexity index is 772. The number of ether oxygens (including phenoxy) is 1. The lowest BCUT2D eigenvalue weighted by molar-refractivity contribution is -0.134. The van der Waals surface area contributed by atoms with Gasteiger partial charge in [-0.25, -0.2) is 4.79 Å². The van der Waals surface area contributed by atoms with Crippen LogP contribution >= 0.6 is 0 Å². The monoisotopic (exact) mass is 416 g/mol. The Balaban J connectivity index is 1.58. The van der Waals surface area contributed by atoms with Gasteiger partial charge in [0.15, 0.2) is 0 Å².